The molecule has 4 rings (SSSR count). The molecule has 2 heterocycles. The van der Waals surface area contributed by atoms with Gasteiger partial charge in [-0.1, -0.05) is 42.3 Å². The molecule has 0 aliphatic carbocycles. The van der Waals surface area contributed by atoms with Crippen LogP contribution in [0.15, 0.2) is 36.4 Å². The maximum atomic E-state index is 12.7. The quantitative estimate of drug-likeness (QED) is 0.853. The van der Waals surface area contributed by atoms with Crippen molar-refractivity contribution in [1.29, 1.82) is 0 Å². The molecule has 0 bridgehead atoms. The summed E-state index contributed by atoms with van der Waals surface area (Å²) in [6.07, 6.45) is 5.00. The molecule has 1 N–H and O–H groups in total. The minimum atomic E-state index is -0.00742. The van der Waals surface area contributed by atoms with Crippen molar-refractivity contribution in [2.45, 2.75) is 31.7 Å². The number of anilines is 1. The lowest BCUT2D eigenvalue weighted by Crippen LogP contribution is -2.42. The largest absolute Gasteiger partial charge is 0.323 e. The lowest BCUT2D eigenvalue weighted by molar-refractivity contribution is 0.164. The minimum Gasteiger partial charge on any atom is -0.323 e. The number of benzene rings is 2. The number of amides is 2. The number of likely N-dealkylation sites (tertiary alicyclic amines) is 2. The lowest BCUT2D eigenvalue weighted by Gasteiger charge is -2.32. The summed E-state index contributed by atoms with van der Waals surface area (Å²) >= 11 is 6.27. The Hall–Kier alpha value is -1.78. The van der Waals surface area contributed by atoms with Gasteiger partial charge in [0.15, 0.2) is 0 Å². The van der Waals surface area contributed by atoms with Crippen molar-refractivity contribution in [3.05, 3.63) is 41.4 Å². The summed E-state index contributed by atoms with van der Waals surface area (Å²) in [5.74, 6) is 0. The van der Waals surface area contributed by atoms with Gasteiger partial charge in [0.05, 0.1) is 5.69 Å². The molecule has 2 aromatic rings. The molecule has 2 aromatic carbocycles. The predicted molar refractivity (Wildman–Crippen MR) is 103 cm³/mol. The number of rotatable bonds is 2. The third-order valence-electron chi connectivity index (χ3n) is 5.47. The smallest absolute Gasteiger partial charge is 0.321 e. The first kappa shape index (κ1) is 16.7. The van der Waals surface area contributed by atoms with Crippen molar-refractivity contribution in [3.63, 3.8) is 0 Å². The molecule has 2 fully saturated rings. The molecule has 0 unspecified atom stereocenters. The Morgan fingerprint density at radius 1 is 1.00 bits per heavy atom. The third kappa shape index (κ3) is 3.46. The van der Waals surface area contributed by atoms with Crippen LogP contribution in [0.5, 0.6) is 0 Å². The van der Waals surface area contributed by atoms with Gasteiger partial charge in [-0.15, -0.1) is 0 Å². The van der Waals surface area contributed by atoms with Gasteiger partial charge in [0.1, 0.15) is 0 Å². The Labute approximate surface area is 153 Å². The number of hydrogen-bond donors (Lipinski definition) is 1. The minimum absolute atomic E-state index is 0.00742. The Balaban J connectivity index is 1.45. The van der Waals surface area contributed by atoms with Gasteiger partial charge in [-0.3, -0.25) is 4.90 Å². The Kier molecular flexibility index (Phi) is 4.82. The van der Waals surface area contributed by atoms with Crippen molar-refractivity contribution in [1.82, 2.24) is 9.80 Å². The molecule has 5 heteroatoms. The van der Waals surface area contributed by atoms with Crippen LogP contribution in [-0.4, -0.2) is 48.1 Å². The van der Waals surface area contributed by atoms with Crippen LogP contribution >= 0.6 is 11.6 Å². The summed E-state index contributed by atoms with van der Waals surface area (Å²) in [5.41, 5.74) is 0.825. The topological polar surface area (TPSA) is 35.6 Å². The van der Waals surface area contributed by atoms with E-state index in [1.165, 1.54) is 32.4 Å². The fourth-order valence-corrected chi connectivity index (χ4v) is 4.30. The molecule has 4 nitrogen and oxygen atoms in total. The fourth-order valence-electron chi connectivity index (χ4n) is 4.07. The zero-order valence-corrected chi connectivity index (χ0v) is 15.1. The van der Waals surface area contributed by atoms with E-state index >= 15 is 0 Å². The maximum Gasteiger partial charge on any atom is 0.321 e. The highest BCUT2D eigenvalue weighted by atomic mass is 35.5. The van der Waals surface area contributed by atoms with Crippen molar-refractivity contribution in [2.75, 3.05) is 31.5 Å². The zero-order valence-electron chi connectivity index (χ0n) is 14.4. The molecule has 0 spiro atoms. The number of nitrogens with zero attached hydrogens (tertiary/aromatic N) is 2. The van der Waals surface area contributed by atoms with E-state index in [9.17, 15) is 4.79 Å². The van der Waals surface area contributed by atoms with E-state index in [0.29, 0.717) is 11.1 Å². The summed E-state index contributed by atoms with van der Waals surface area (Å²) in [5, 5.41) is 5.74. The normalized spacial score (nSPS) is 21.6. The van der Waals surface area contributed by atoms with Crippen LogP contribution in [0.1, 0.15) is 25.7 Å². The average Bonchev–Trinajstić information content (AvgIpc) is 3.15. The Morgan fingerprint density at radius 2 is 1.76 bits per heavy atom. The van der Waals surface area contributed by atoms with E-state index in [2.05, 4.69) is 10.2 Å². The maximum absolute atomic E-state index is 12.7. The van der Waals surface area contributed by atoms with Crippen molar-refractivity contribution >= 4 is 34.1 Å². The third-order valence-corrected chi connectivity index (χ3v) is 5.80. The van der Waals surface area contributed by atoms with E-state index < -0.39 is 0 Å². The predicted octanol–water partition coefficient (Wildman–Crippen LogP) is 4.59. The first-order valence-corrected chi connectivity index (χ1v) is 9.57. The van der Waals surface area contributed by atoms with Crippen molar-refractivity contribution in [2.24, 2.45) is 0 Å². The summed E-state index contributed by atoms with van der Waals surface area (Å²) in [4.78, 5) is 17.2. The van der Waals surface area contributed by atoms with Crippen LogP contribution < -0.4 is 5.32 Å². The first-order valence-electron chi connectivity index (χ1n) is 9.19. The number of nitrogens with one attached hydrogen (secondary N) is 1. The number of piperidine rings is 1. The highest BCUT2D eigenvalue weighted by Crippen LogP contribution is 2.30. The van der Waals surface area contributed by atoms with E-state index in [0.717, 1.165) is 36.0 Å². The Bertz CT molecular complexity index is 773. The molecule has 2 amide bonds. The number of fused-ring (bicyclic) bond motifs is 1. The van der Waals surface area contributed by atoms with Crippen LogP contribution in [0.2, 0.25) is 5.02 Å². The molecule has 0 saturated carbocycles. The van der Waals surface area contributed by atoms with Gasteiger partial charge in [-0.05, 0) is 44.5 Å². The molecule has 2 saturated heterocycles. The number of hydrogen-bond acceptors (Lipinski definition) is 2. The van der Waals surface area contributed by atoms with Gasteiger partial charge in [0.2, 0.25) is 0 Å². The fraction of sp³-hybridized carbons (Fsp3) is 0.450. The van der Waals surface area contributed by atoms with E-state index in [4.69, 9.17) is 11.6 Å². The number of urea groups is 1. The summed E-state index contributed by atoms with van der Waals surface area (Å²) in [6.45, 7) is 4.03. The second-order valence-corrected chi connectivity index (χ2v) is 7.46. The number of carbonyl (C=O) groups excluding carboxylic acids is 1. The molecule has 0 radical (unpaired) electrons. The molecule has 1 atom stereocenters. The van der Waals surface area contributed by atoms with Crippen LogP contribution in [-0.2, 0) is 0 Å². The van der Waals surface area contributed by atoms with Crippen LogP contribution in [0.25, 0.3) is 10.8 Å². The first-order chi connectivity index (χ1) is 12.2. The highest BCUT2D eigenvalue weighted by Gasteiger charge is 2.31. The van der Waals surface area contributed by atoms with Crippen LogP contribution in [0.4, 0.5) is 10.5 Å². The average molecular weight is 358 g/mol. The standard InChI is InChI=1S/C20H24ClN3O/c21-18-8-9-19(17-7-3-2-6-16(17)18)22-20(25)24-13-10-15(14-24)23-11-4-1-5-12-23/h2-3,6-9,15H,1,4-5,10-14H2,(H,22,25)/t15-/m0/s1. The second kappa shape index (κ2) is 7.22. The van der Waals surface area contributed by atoms with E-state index in [1.807, 2.05) is 41.3 Å². The molecule has 0 aromatic heterocycles. The van der Waals surface area contributed by atoms with Gasteiger partial charge < -0.3 is 10.2 Å². The summed E-state index contributed by atoms with van der Waals surface area (Å²) in [6, 6.07) is 12.2. The molecular weight excluding hydrogens is 334 g/mol. The van der Waals surface area contributed by atoms with Gasteiger partial charge in [-0.25, -0.2) is 4.79 Å². The lowest BCUT2D eigenvalue weighted by atomic mass is 10.1. The molecule has 132 valence electrons. The molecule has 2 aliphatic rings. The molecule has 25 heavy (non-hydrogen) atoms. The van der Waals surface area contributed by atoms with Crippen LogP contribution in [0.3, 0.4) is 0 Å². The SMILES string of the molecule is O=C(Nc1ccc(Cl)c2ccccc12)N1CC[C@H](N2CCCCC2)C1. The summed E-state index contributed by atoms with van der Waals surface area (Å²) < 4.78 is 0. The van der Waals surface area contributed by atoms with E-state index in [-0.39, 0.29) is 6.03 Å². The monoisotopic (exact) mass is 357 g/mol. The summed E-state index contributed by atoms with van der Waals surface area (Å²) in [7, 11) is 0. The van der Waals surface area contributed by atoms with Crippen molar-refractivity contribution in [3.8, 4) is 0 Å². The number of carbonyl (C=O) groups is 1. The van der Waals surface area contributed by atoms with Gasteiger partial charge in [-0.2, -0.15) is 0 Å². The molecule has 2 aliphatic heterocycles. The van der Waals surface area contributed by atoms with Crippen LogP contribution in [0, 0.1) is 0 Å². The highest BCUT2D eigenvalue weighted by molar-refractivity contribution is 6.36. The van der Waals surface area contributed by atoms with Gasteiger partial charge in [0, 0.05) is 34.9 Å². The second-order valence-electron chi connectivity index (χ2n) is 7.06. The zero-order chi connectivity index (χ0) is 17.2. The molecular formula is C20H24ClN3O. The van der Waals surface area contributed by atoms with Crippen molar-refractivity contribution < 1.29 is 4.79 Å². The Morgan fingerprint density at radius 3 is 2.56 bits per heavy atom. The van der Waals surface area contributed by atoms with Gasteiger partial charge in [0.25, 0.3) is 0 Å². The van der Waals surface area contributed by atoms with E-state index in [1.54, 1.807) is 0 Å². The number of halogens is 1. The van der Waals surface area contributed by atoms with Gasteiger partial charge >= 0.3 is 6.03 Å².